The van der Waals surface area contributed by atoms with Gasteiger partial charge in [0, 0.05) is 31.2 Å². The first-order valence-electron chi connectivity index (χ1n) is 7.61. The van der Waals surface area contributed by atoms with E-state index in [9.17, 15) is 4.39 Å². The lowest BCUT2D eigenvalue weighted by Crippen LogP contribution is -2.63. The molecule has 0 spiro atoms. The third-order valence-corrected chi connectivity index (χ3v) is 4.23. The zero-order valence-corrected chi connectivity index (χ0v) is 13.1. The summed E-state index contributed by atoms with van der Waals surface area (Å²) in [7, 11) is 0. The summed E-state index contributed by atoms with van der Waals surface area (Å²) in [6.45, 7) is 12.2. The fourth-order valence-corrected chi connectivity index (χ4v) is 3.02. The van der Waals surface area contributed by atoms with E-state index < -0.39 is 0 Å². The number of nitrogens with one attached hydrogen (secondary N) is 1. The van der Waals surface area contributed by atoms with Crippen molar-refractivity contribution in [3.05, 3.63) is 35.6 Å². The van der Waals surface area contributed by atoms with E-state index in [2.05, 4.69) is 37.9 Å². The predicted octanol–water partition coefficient (Wildman–Crippen LogP) is 3.08. The number of rotatable bonds is 4. The van der Waals surface area contributed by atoms with E-state index in [1.54, 1.807) is 12.1 Å². The lowest BCUT2D eigenvalue weighted by Gasteiger charge is -2.46. The molecular formula is C17H27FN2. The topological polar surface area (TPSA) is 15.3 Å². The maximum Gasteiger partial charge on any atom is 0.123 e. The zero-order valence-electron chi connectivity index (χ0n) is 13.1. The molecule has 20 heavy (non-hydrogen) atoms. The lowest BCUT2D eigenvalue weighted by atomic mass is 9.92. The Hall–Kier alpha value is -0.930. The molecule has 1 atom stereocenters. The van der Waals surface area contributed by atoms with Crippen LogP contribution in [0.4, 0.5) is 4.39 Å². The molecule has 112 valence electrons. The SMILES string of the molecule is CC(C)C1CNC(C)(C)CN1CCc1ccc(F)cc1. The second kappa shape index (κ2) is 6.23. The molecule has 1 saturated heterocycles. The Morgan fingerprint density at radius 3 is 2.55 bits per heavy atom. The van der Waals surface area contributed by atoms with Crippen molar-refractivity contribution in [1.29, 1.82) is 0 Å². The Kier molecular flexibility index (Phi) is 4.82. The van der Waals surface area contributed by atoms with E-state index in [0.29, 0.717) is 12.0 Å². The van der Waals surface area contributed by atoms with E-state index in [1.807, 2.05) is 12.1 Å². The quantitative estimate of drug-likeness (QED) is 0.910. The van der Waals surface area contributed by atoms with Gasteiger partial charge < -0.3 is 5.32 Å². The van der Waals surface area contributed by atoms with Gasteiger partial charge in [-0.15, -0.1) is 0 Å². The Labute approximate surface area is 122 Å². The highest BCUT2D eigenvalue weighted by Gasteiger charge is 2.33. The van der Waals surface area contributed by atoms with Crippen LogP contribution in [0, 0.1) is 11.7 Å². The molecule has 1 aromatic rings. The van der Waals surface area contributed by atoms with Gasteiger partial charge in [-0.05, 0) is 43.9 Å². The van der Waals surface area contributed by atoms with Gasteiger partial charge in [-0.3, -0.25) is 4.90 Å². The Morgan fingerprint density at radius 2 is 1.95 bits per heavy atom. The van der Waals surface area contributed by atoms with E-state index in [-0.39, 0.29) is 11.4 Å². The predicted molar refractivity (Wildman–Crippen MR) is 82.4 cm³/mol. The molecule has 2 rings (SSSR count). The van der Waals surface area contributed by atoms with Gasteiger partial charge in [-0.2, -0.15) is 0 Å². The summed E-state index contributed by atoms with van der Waals surface area (Å²) in [5.41, 5.74) is 1.39. The second-order valence-electron chi connectivity index (χ2n) is 6.92. The highest BCUT2D eigenvalue weighted by Crippen LogP contribution is 2.20. The molecule has 0 bridgehead atoms. The molecule has 0 saturated carbocycles. The highest BCUT2D eigenvalue weighted by molar-refractivity contribution is 5.16. The van der Waals surface area contributed by atoms with Crippen molar-refractivity contribution in [3.8, 4) is 0 Å². The van der Waals surface area contributed by atoms with Gasteiger partial charge in [0.25, 0.3) is 0 Å². The van der Waals surface area contributed by atoms with Gasteiger partial charge in [0.05, 0.1) is 0 Å². The van der Waals surface area contributed by atoms with Crippen LogP contribution in [0.2, 0.25) is 0 Å². The molecule has 0 aliphatic carbocycles. The molecule has 1 N–H and O–H groups in total. The lowest BCUT2D eigenvalue weighted by molar-refractivity contribution is 0.0705. The molecule has 1 fully saturated rings. The standard InChI is InChI=1S/C17H27FN2/c1-13(2)16-11-19-17(3,4)12-20(16)10-9-14-5-7-15(18)8-6-14/h5-8,13,16,19H,9-12H2,1-4H3. The van der Waals surface area contributed by atoms with E-state index in [0.717, 1.165) is 26.1 Å². The van der Waals surface area contributed by atoms with Gasteiger partial charge in [0.15, 0.2) is 0 Å². The maximum atomic E-state index is 12.9. The van der Waals surface area contributed by atoms with Gasteiger partial charge in [0.2, 0.25) is 0 Å². The monoisotopic (exact) mass is 278 g/mol. The van der Waals surface area contributed by atoms with Crippen LogP contribution in [-0.4, -0.2) is 36.1 Å². The molecule has 0 amide bonds. The van der Waals surface area contributed by atoms with Crippen molar-refractivity contribution >= 4 is 0 Å². The van der Waals surface area contributed by atoms with Crippen molar-refractivity contribution in [2.45, 2.75) is 45.7 Å². The summed E-state index contributed by atoms with van der Waals surface area (Å²) < 4.78 is 12.9. The second-order valence-corrected chi connectivity index (χ2v) is 6.92. The van der Waals surface area contributed by atoms with Crippen LogP contribution in [0.5, 0.6) is 0 Å². The molecular weight excluding hydrogens is 251 g/mol. The van der Waals surface area contributed by atoms with Crippen LogP contribution in [-0.2, 0) is 6.42 Å². The minimum Gasteiger partial charge on any atom is -0.309 e. The molecule has 0 aromatic heterocycles. The minimum atomic E-state index is -0.155. The van der Waals surface area contributed by atoms with Crippen molar-refractivity contribution in [3.63, 3.8) is 0 Å². The van der Waals surface area contributed by atoms with Crippen molar-refractivity contribution in [2.75, 3.05) is 19.6 Å². The number of benzene rings is 1. The van der Waals surface area contributed by atoms with E-state index >= 15 is 0 Å². The van der Waals surface area contributed by atoms with Gasteiger partial charge in [0.1, 0.15) is 5.82 Å². The first-order chi connectivity index (χ1) is 9.37. The van der Waals surface area contributed by atoms with Crippen LogP contribution in [0.3, 0.4) is 0 Å². The first-order valence-corrected chi connectivity index (χ1v) is 7.61. The normalized spacial score (nSPS) is 23.2. The van der Waals surface area contributed by atoms with Crippen LogP contribution < -0.4 is 5.32 Å². The minimum absolute atomic E-state index is 0.155. The molecule has 0 radical (unpaired) electrons. The van der Waals surface area contributed by atoms with Gasteiger partial charge >= 0.3 is 0 Å². The van der Waals surface area contributed by atoms with Gasteiger partial charge in [-0.25, -0.2) is 4.39 Å². The molecule has 3 heteroatoms. The summed E-state index contributed by atoms with van der Waals surface area (Å²) in [4.78, 5) is 2.59. The zero-order chi connectivity index (χ0) is 14.8. The highest BCUT2D eigenvalue weighted by atomic mass is 19.1. The van der Waals surface area contributed by atoms with Crippen LogP contribution in [0.15, 0.2) is 24.3 Å². The van der Waals surface area contributed by atoms with E-state index in [1.165, 1.54) is 5.56 Å². The third-order valence-electron chi connectivity index (χ3n) is 4.23. The fraction of sp³-hybridized carbons (Fsp3) is 0.647. The number of piperazine rings is 1. The first kappa shape index (κ1) is 15.5. The summed E-state index contributed by atoms with van der Waals surface area (Å²) in [6, 6.07) is 7.48. The van der Waals surface area contributed by atoms with E-state index in [4.69, 9.17) is 0 Å². The summed E-state index contributed by atoms with van der Waals surface area (Å²) in [5.74, 6) is 0.490. The van der Waals surface area contributed by atoms with Crippen LogP contribution in [0.1, 0.15) is 33.3 Å². The maximum absolute atomic E-state index is 12.9. The number of hydrogen-bond acceptors (Lipinski definition) is 2. The molecule has 1 aliphatic rings. The average Bonchev–Trinajstić information content (AvgIpc) is 2.36. The Morgan fingerprint density at radius 1 is 1.30 bits per heavy atom. The summed E-state index contributed by atoms with van der Waals surface area (Å²) in [5, 5.41) is 3.63. The molecule has 1 unspecified atom stereocenters. The summed E-state index contributed by atoms with van der Waals surface area (Å²) >= 11 is 0. The van der Waals surface area contributed by atoms with Crippen LogP contribution in [0.25, 0.3) is 0 Å². The average molecular weight is 278 g/mol. The van der Waals surface area contributed by atoms with Crippen molar-refractivity contribution < 1.29 is 4.39 Å². The largest absolute Gasteiger partial charge is 0.309 e. The summed E-state index contributed by atoms with van der Waals surface area (Å²) in [6.07, 6.45) is 0.986. The molecule has 1 heterocycles. The van der Waals surface area contributed by atoms with Crippen LogP contribution >= 0.6 is 0 Å². The third kappa shape index (κ3) is 4.03. The molecule has 1 aromatic carbocycles. The number of nitrogens with zero attached hydrogens (tertiary/aromatic N) is 1. The van der Waals surface area contributed by atoms with Crippen molar-refractivity contribution in [2.24, 2.45) is 5.92 Å². The smallest absolute Gasteiger partial charge is 0.123 e. The number of halogens is 1. The Balaban J connectivity index is 1.98. The molecule has 2 nitrogen and oxygen atoms in total. The fourth-order valence-electron chi connectivity index (χ4n) is 3.02. The Bertz CT molecular complexity index is 425. The van der Waals surface area contributed by atoms with Crippen molar-refractivity contribution in [1.82, 2.24) is 10.2 Å². The van der Waals surface area contributed by atoms with Gasteiger partial charge in [-0.1, -0.05) is 26.0 Å². The molecule has 1 aliphatic heterocycles. The number of hydrogen-bond donors (Lipinski definition) is 1.